The van der Waals surface area contributed by atoms with Crippen molar-refractivity contribution in [1.29, 1.82) is 0 Å². The highest BCUT2D eigenvalue weighted by Gasteiger charge is 1.95. The van der Waals surface area contributed by atoms with Gasteiger partial charge in [-0.15, -0.1) is 0 Å². The molecule has 17 heavy (non-hydrogen) atoms. The quantitative estimate of drug-likeness (QED) is 0.642. The average Bonchev–Trinajstić information content (AvgIpc) is 2.36. The lowest BCUT2D eigenvalue weighted by molar-refractivity contribution is 0.863. The molecule has 0 aliphatic rings. The van der Waals surface area contributed by atoms with Gasteiger partial charge < -0.3 is 5.32 Å². The molecule has 2 rings (SSSR count). The van der Waals surface area contributed by atoms with Gasteiger partial charge in [-0.25, -0.2) is 4.98 Å². The molecule has 2 aromatic rings. The molecule has 1 aromatic carbocycles. The summed E-state index contributed by atoms with van der Waals surface area (Å²) in [5.74, 6) is 0. The minimum atomic E-state index is 0.526. The number of hydrogen-bond acceptors (Lipinski definition) is 2. The molecule has 0 unspecified atom stereocenters. The molecule has 1 heterocycles. The lowest BCUT2D eigenvalue weighted by Crippen LogP contribution is -2.02. The third kappa shape index (κ3) is 4.08. The number of aromatic nitrogens is 1. The number of anilines is 1. The molecule has 1 N–H and O–H groups in total. The number of benzene rings is 1. The molecule has 0 bridgehead atoms. The topological polar surface area (TPSA) is 24.9 Å². The van der Waals surface area contributed by atoms with Crippen molar-refractivity contribution in [2.45, 2.75) is 12.8 Å². The standard InChI is InChI=1S/C14H15ClN2/c15-14-11-13(8-10-17-14)16-9-4-7-12-5-2-1-3-6-12/h1-3,5-6,8,10-11H,4,7,9H2,(H,16,17). The maximum atomic E-state index is 5.80. The van der Waals surface area contributed by atoms with Gasteiger partial charge in [-0.05, 0) is 30.5 Å². The summed E-state index contributed by atoms with van der Waals surface area (Å²) in [7, 11) is 0. The molecule has 1 aromatic heterocycles. The first-order chi connectivity index (χ1) is 8.34. The maximum absolute atomic E-state index is 5.80. The van der Waals surface area contributed by atoms with Crippen molar-refractivity contribution in [2.24, 2.45) is 0 Å². The van der Waals surface area contributed by atoms with Gasteiger partial charge in [0.15, 0.2) is 0 Å². The predicted molar refractivity (Wildman–Crippen MR) is 72.5 cm³/mol. The van der Waals surface area contributed by atoms with E-state index in [0.717, 1.165) is 25.1 Å². The summed E-state index contributed by atoms with van der Waals surface area (Å²) >= 11 is 5.80. The SMILES string of the molecule is Clc1cc(NCCCc2ccccc2)ccn1. The summed E-state index contributed by atoms with van der Waals surface area (Å²) < 4.78 is 0. The third-order valence-electron chi connectivity index (χ3n) is 2.54. The lowest BCUT2D eigenvalue weighted by Gasteiger charge is -2.06. The van der Waals surface area contributed by atoms with Gasteiger partial charge in [-0.2, -0.15) is 0 Å². The summed E-state index contributed by atoms with van der Waals surface area (Å²) in [5, 5.41) is 3.86. The molecule has 0 radical (unpaired) electrons. The predicted octanol–water partition coefficient (Wildman–Crippen LogP) is 3.78. The van der Waals surface area contributed by atoms with E-state index in [9.17, 15) is 0 Å². The van der Waals surface area contributed by atoms with Gasteiger partial charge in [0.25, 0.3) is 0 Å². The number of aryl methyl sites for hydroxylation is 1. The van der Waals surface area contributed by atoms with E-state index in [-0.39, 0.29) is 0 Å². The normalized spacial score (nSPS) is 10.2. The fourth-order valence-electron chi connectivity index (χ4n) is 1.68. The van der Waals surface area contributed by atoms with Crippen molar-refractivity contribution in [3.8, 4) is 0 Å². The highest BCUT2D eigenvalue weighted by atomic mass is 35.5. The van der Waals surface area contributed by atoms with Crippen molar-refractivity contribution >= 4 is 17.3 Å². The zero-order valence-corrected chi connectivity index (χ0v) is 10.3. The Balaban J connectivity index is 1.73. The Morgan fingerprint density at radius 2 is 1.94 bits per heavy atom. The first-order valence-corrected chi connectivity index (χ1v) is 6.12. The zero-order valence-electron chi connectivity index (χ0n) is 9.57. The van der Waals surface area contributed by atoms with Crippen LogP contribution < -0.4 is 5.32 Å². The van der Waals surface area contributed by atoms with Crippen molar-refractivity contribution < 1.29 is 0 Å². The largest absolute Gasteiger partial charge is 0.385 e. The highest BCUT2D eigenvalue weighted by Crippen LogP contribution is 2.12. The number of hydrogen-bond donors (Lipinski definition) is 1. The van der Waals surface area contributed by atoms with Gasteiger partial charge in [-0.1, -0.05) is 41.9 Å². The van der Waals surface area contributed by atoms with Gasteiger partial charge in [0.1, 0.15) is 5.15 Å². The summed E-state index contributed by atoms with van der Waals surface area (Å²) in [6.45, 7) is 0.940. The number of rotatable bonds is 5. The van der Waals surface area contributed by atoms with Crippen molar-refractivity contribution in [3.63, 3.8) is 0 Å². The summed E-state index contributed by atoms with van der Waals surface area (Å²) in [6.07, 6.45) is 3.90. The molecule has 0 amide bonds. The molecular weight excluding hydrogens is 232 g/mol. The Morgan fingerprint density at radius 1 is 1.12 bits per heavy atom. The van der Waals surface area contributed by atoms with Gasteiger partial charge >= 0.3 is 0 Å². The number of nitrogens with one attached hydrogen (secondary N) is 1. The van der Waals surface area contributed by atoms with E-state index in [1.54, 1.807) is 6.20 Å². The van der Waals surface area contributed by atoms with Gasteiger partial charge in [0.2, 0.25) is 0 Å². The Hall–Kier alpha value is -1.54. The van der Waals surface area contributed by atoms with E-state index in [2.05, 4.69) is 34.6 Å². The Labute approximate surface area is 107 Å². The molecule has 0 saturated heterocycles. The lowest BCUT2D eigenvalue weighted by atomic mass is 10.1. The molecular formula is C14H15ClN2. The number of halogens is 1. The fraction of sp³-hybridized carbons (Fsp3) is 0.214. The second-order valence-electron chi connectivity index (χ2n) is 3.88. The van der Waals surface area contributed by atoms with E-state index < -0.39 is 0 Å². The molecule has 0 saturated carbocycles. The molecule has 0 aliphatic carbocycles. The van der Waals surface area contributed by atoms with E-state index in [0.29, 0.717) is 5.15 Å². The van der Waals surface area contributed by atoms with Crippen molar-refractivity contribution in [2.75, 3.05) is 11.9 Å². The monoisotopic (exact) mass is 246 g/mol. The summed E-state index contributed by atoms with van der Waals surface area (Å²) in [6, 6.07) is 14.3. The second kappa shape index (κ2) is 6.26. The first-order valence-electron chi connectivity index (χ1n) is 5.74. The van der Waals surface area contributed by atoms with Crippen LogP contribution in [-0.2, 0) is 6.42 Å². The van der Waals surface area contributed by atoms with Gasteiger partial charge in [0, 0.05) is 18.4 Å². The number of pyridine rings is 1. The highest BCUT2D eigenvalue weighted by molar-refractivity contribution is 6.29. The average molecular weight is 247 g/mol. The minimum absolute atomic E-state index is 0.526. The van der Waals surface area contributed by atoms with E-state index in [1.165, 1.54) is 5.56 Å². The van der Waals surface area contributed by atoms with Crippen LogP contribution in [-0.4, -0.2) is 11.5 Å². The van der Waals surface area contributed by atoms with Crippen LogP contribution in [0.4, 0.5) is 5.69 Å². The van der Waals surface area contributed by atoms with Gasteiger partial charge in [0.05, 0.1) is 0 Å². The van der Waals surface area contributed by atoms with E-state index >= 15 is 0 Å². The molecule has 2 nitrogen and oxygen atoms in total. The Kier molecular flexibility index (Phi) is 4.39. The summed E-state index contributed by atoms with van der Waals surface area (Å²) in [5.41, 5.74) is 2.40. The van der Waals surface area contributed by atoms with Crippen LogP contribution in [0, 0.1) is 0 Å². The summed E-state index contributed by atoms with van der Waals surface area (Å²) in [4.78, 5) is 3.94. The van der Waals surface area contributed by atoms with E-state index in [1.807, 2.05) is 18.2 Å². The second-order valence-corrected chi connectivity index (χ2v) is 4.27. The van der Waals surface area contributed by atoms with Crippen LogP contribution in [0.2, 0.25) is 5.15 Å². The molecule has 0 spiro atoms. The molecule has 0 fully saturated rings. The maximum Gasteiger partial charge on any atom is 0.131 e. The van der Waals surface area contributed by atoms with Crippen molar-refractivity contribution in [1.82, 2.24) is 4.98 Å². The van der Waals surface area contributed by atoms with Crippen LogP contribution in [0.1, 0.15) is 12.0 Å². The van der Waals surface area contributed by atoms with Crippen LogP contribution in [0.3, 0.4) is 0 Å². The molecule has 3 heteroatoms. The third-order valence-corrected chi connectivity index (χ3v) is 2.75. The molecule has 0 atom stereocenters. The Morgan fingerprint density at radius 3 is 2.71 bits per heavy atom. The van der Waals surface area contributed by atoms with Crippen LogP contribution in [0.25, 0.3) is 0 Å². The van der Waals surface area contributed by atoms with Crippen LogP contribution in [0.15, 0.2) is 48.7 Å². The van der Waals surface area contributed by atoms with E-state index in [4.69, 9.17) is 11.6 Å². The molecule has 88 valence electrons. The smallest absolute Gasteiger partial charge is 0.131 e. The number of nitrogens with zero attached hydrogens (tertiary/aromatic N) is 1. The minimum Gasteiger partial charge on any atom is -0.385 e. The first kappa shape index (κ1) is 11.9. The van der Waals surface area contributed by atoms with Crippen molar-refractivity contribution in [3.05, 3.63) is 59.4 Å². The van der Waals surface area contributed by atoms with Crippen LogP contribution in [0.5, 0.6) is 0 Å². The van der Waals surface area contributed by atoms with Crippen LogP contribution >= 0.6 is 11.6 Å². The Bertz CT molecular complexity index is 457. The van der Waals surface area contributed by atoms with Gasteiger partial charge in [-0.3, -0.25) is 0 Å². The molecule has 0 aliphatic heterocycles. The fourth-order valence-corrected chi connectivity index (χ4v) is 1.86. The zero-order chi connectivity index (χ0) is 11.9.